The average Bonchev–Trinajstić information content (AvgIpc) is 2.54. The molecule has 0 aromatic carbocycles. The molecule has 3 unspecified atom stereocenters. The molecule has 23 heavy (non-hydrogen) atoms. The van der Waals surface area contributed by atoms with Crippen molar-refractivity contribution in [2.24, 2.45) is 23.7 Å². The van der Waals surface area contributed by atoms with Gasteiger partial charge in [0, 0.05) is 0 Å². The lowest BCUT2D eigenvalue weighted by molar-refractivity contribution is 0.266. The lowest BCUT2D eigenvalue weighted by atomic mass is 9.81. The third-order valence-electron chi connectivity index (χ3n) is 5.77. The van der Waals surface area contributed by atoms with Crippen LogP contribution in [-0.2, 0) is 0 Å². The molecule has 0 aliphatic rings. The summed E-state index contributed by atoms with van der Waals surface area (Å²) in [5.41, 5.74) is 0. The van der Waals surface area contributed by atoms with Gasteiger partial charge in [0.05, 0.1) is 0 Å². The van der Waals surface area contributed by atoms with E-state index < -0.39 is 0 Å². The van der Waals surface area contributed by atoms with Crippen molar-refractivity contribution in [3.8, 4) is 0 Å². The van der Waals surface area contributed by atoms with E-state index in [2.05, 4.69) is 53.7 Å². The Balaban J connectivity index is 4.07. The lowest BCUT2D eigenvalue weighted by Gasteiger charge is -2.25. The highest BCUT2D eigenvalue weighted by atomic mass is 14.2. The second-order valence-electron chi connectivity index (χ2n) is 8.06. The molecule has 0 saturated heterocycles. The predicted octanol–water partition coefficient (Wildman–Crippen LogP) is 8.42. The highest BCUT2D eigenvalue weighted by molar-refractivity contribution is 4.81. The number of rotatable bonds is 15. The van der Waals surface area contributed by atoms with Crippen molar-refractivity contribution in [2.75, 3.05) is 0 Å². The van der Waals surface area contributed by atoms with E-state index in [-0.39, 0.29) is 0 Å². The Hall–Kier alpha value is -0.260. The first-order valence-electron chi connectivity index (χ1n) is 10.7. The van der Waals surface area contributed by atoms with Crippen LogP contribution in [0.2, 0.25) is 0 Å². The molecule has 0 rings (SSSR count). The van der Waals surface area contributed by atoms with Crippen molar-refractivity contribution in [1.82, 2.24) is 0 Å². The number of unbranched alkanes of at least 4 members (excludes halogenated alkanes) is 2. The summed E-state index contributed by atoms with van der Waals surface area (Å²) >= 11 is 0. The van der Waals surface area contributed by atoms with E-state index in [0.717, 1.165) is 23.7 Å². The van der Waals surface area contributed by atoms with Crippen molar-refractivity contribution in [2.45, 2.75) is 112 Å². The van der Waals surface area contributed by atoms with Crippen molar-refractivity contribution in [1.29, 1.82) is 0 Å². The van der Waals surface area contributed by atoms with E-state index in [1.807, 2.05) is 0 Å². The first kappa shape index (κ1) is 22.7. The Morgan fingerprint density at radius 2 is 1.26 bits per heavy atom. The van der Waals surface area contributed by atoms with Gasteiger partial charge in [0.1, 0.15) is 0 Å². The van der Waals surface area contributed by atoms with Crippen LogP contribution in [0.1, 0.15) is 112 Å². The molecule has 0 amide bonds. The Labute approximate surface area is 148 Å². The van der Waals surface area contributed by atoms with Crippen LogP contribution in [0.5, 0.6) is 0 Å². The largest absolute Gasteiger partial charge is 0.0885 e. The molecular formula is C23H46. The predicted molar refractivity (Wildman–Crippen MR) is 108 cm³/mol. The van der Waals surface area contributed by atoms with Crippen LogP contribution in [0.25, 0.3) is 0 Å². The second kappa shape index (κ2) is 15.3. The van der Waals surface area contributed by atoms with Crippen LogP contribution in [-0.4, -0.2) is 0 Å². The quantitative estimate of drug-likeness (QED) is 0.210. The minimum absolute atomic E-state index is 0.850. The van der Waals surface area contributed by atoms with Gasteiger partial charge in [0.25, 0.3) is 0 Å². The zero-order valence-corrected chi connectivity index (χ0v) is 17.2. The molecule has 138 valence electrons. The zero-order chi connectivity index (χ0) is 17.5. The minimum atomic E-state index is 0.850. The molecule has 3 atom stereocenters. The van der Waals surface area contributed by atoms with Crippen LogP contribution in [0.3, 0.4) is 0 Å². The standard InChI is InChI=1S/C23H46/c1-7-10-11-12-13-14-17-22(20(4)5)18-15-19-23(16-8-2)21(6)9-3/h11-12,20-23H,7-10,13-19H2,1-6H3. The van der Waals surface area contributed by atoms with Gasteiger partial charge >= 0.3 is 0 Å². The van der Waals surface area contributed by atoms with E-state index in [9.17, 15) is 0 Å². The maximum Gasteiger partial charge on any atom is -0.0351 e. The van der Waals surface area contributed by atoms with Gasteiger partial charge < -0.3 is 0 Å². The van der Waals surface area contributed by atoms with Crippen LogP contribution in [0.4, 0.5) is 0 Å². The Kier molecular flexibility index (Phi) is 15.1. The molecule has 0 heterocycles. The van der Waals surface area contributed by atoms with E-state index in [0.29, 0.717) is 0 Å². The summed E-state index contributed by atoms with van der Waals surface area (Å²) in [7, 11) is 0. The fourth-order valence-electron chi connectivity index (χ4n) is 3.77. The molecule has 0 radical (unpaired) electrons. The van der Waals surface area contributed by atoms with E-state index in [1.165, 1.54) is 70.6 Å². The third kappa shape index (κ3) is 11.8. The first-order chi connectivity index (χ1) is 11.1. The highest BCUT2D eigenvalue weighted by Gasteiger charge is 2.17. The molecule has 0 spiro atoms. The SMILES string of the molecule is CCCC=CCCCC(CCCC(CCC)C(C)CC)C(C)C. The minimum Gasteiger partial charge on any atom is -0.0885 e. The Morgan fingerprint density at radius 1 is 0.652 bits per heavy atom. The molecule has 0 nitrogen and oxygen atoms in total. The summed E-state index contributed by atoms with van der Waals surface area (Å²) in [5, 5.41) is 0. The zero-order valence-electron chi connectivity index (χ0n) is 17.2. The maximum absolute atomic E-state index is 2.46. The average molecular weight is 323 g/mol. The van der Waals surface area contributed by atoms with Gasteiger partial charge in [-0.25, -0.2) is 0 Å². The second-order valence-corrected chi connectivity index (χ2v) is 8.06. The molecule has 0 N–H and O–H groups in total. The van der Waals surface area contributed by atoms with Crippen LogP contribution in [0, 0.1) is 23.7 Å². The van der Waals surface area contributed by atoms with Crippen molar-refractivity contribution in [3.63, 3.8) is 0 Å². The van der Waals surface area contributed by atoms with Gasteiger partial charge in [-0.15, -0.1) is 0 Å². The third-order valence-corrected chi connectivity index (χ3v) is 5.77. The van der Waals surface area contributed by atoms with E-state index in [4.69, 9.17) is 0 Å². The molecule has 0 bridgehead atoms. The normalized spacial score (nSPS) is 16.1. The summed E-state index contributed by atoms with van der Waals surface area (Å²) in [6.07, 6.45) is 19.9. The van der Waals surface area contributed by atoms with Gasteiger partial charge in [-0.2, -0.15) is 0 Å². The van der Waals surface area contributed by atoms with Gasteiger partial charge in [-0.3, -0.25) is 0 Å². The van der Waals surface area contributed by atoms with Crippen molar-refractivity contribution >= 4 is 0 Å². The topological polar surface area (TPSA) is 0 Å². The number of hydrogen-bond acceptors (Lipinski definition) is 0. The summed E-state index contributed by atoms with van der Waals surface area (Å²) in [6.45, 7) is 14.3. The number of hydrogen-bond donors (Lipinski definition) is 0. The smallest absolute Gasteiger partial charge is 0.0351 e. The van der Waals surface area contributed by atoms with Crippen LogP contribution in [0.15, 0.2) is 12.2 Å². The fourth-order valence-corrected chi connectivity index (χ4v) is 3.77. The van der Waals surface area contributed by atoms with E-state index >= 15 is 0 Å². The number of allylic oxidation sites excluding steroid dienone is 2. The fraction of sp³-hybridized carbons (Fsp3) is 0.913. The van der Waals surface area contributed by atoms with Gasteiger partial charge in [0.2, 0.25) is 0 Å². The maximum atomic E-state index is 2.46. The molecule has 0 saturated carbocycles. The Bertz CT molecular complexity index is 263. The van der Waals surface area contributed by atoms with Gasteiger partial charge in [-0.05, 0) is 49.4 Å². The summed E-state index contributed by atoms with van der Waals surface area (Å²) < 4.78 is 0. The highest BCUT2D eigenvalue weighted by Crippen LogP contribution is 2.29. The van der Waals surface area contributed by atoms with Crippen LogP contribution < -0.4 is 0 Å². The molecule has 0 aliphatic heterocycles. The lowest BCUT2D eigenvalue weighted by Crippen LogP contribution is -2.13. The summed E-state index contributed by atoms with van der Waals surface area (Å²) in [5.74, 6) is 3.67. The van der Waals surface area contributed by atoms with Gasteiger partial charge in [0.15, 0.2) is 0 Å². The summed E-state index contributed by atoms with van der Waals surface area (Å²) in [6, 6.07) is 0. The van der Waals surface area contributed by atoms with E-state index in [1.54, 1.807) is 0 Å². The van der Waals surface area contributed by atoms with Crippen molar-refractivity contribution < 1.29 is 0 Å². The molecule has 0 fully saturated rings. The molecule has 0 aliphatic carbocycles. The van der Waals surface area contributed by atoms with Crippen molar-refractivity contribution in [3.05, 3.63) is 12.2 Å². The Morgan fingerprint density at radius 3 is 1.83 bits per heavy atom. The molecule has 0 aromatic heterocycles. The molecular weight excluding hydrogens is 276 g/mol. The monoisotopic (exact) mass is 322 g/mol. The van der Waals surface area contributed by atoms with Crippen LogP contribution >= 0.6 is 0 Å². The van der Waals surface area contributed by atoms with Gasteiger partial charge in [-0.1, -0.05) is 98.6 Å². The first-order valence-corrected chi connectivity index (χ1v) is 10.7. The molecule has 0 heteroatoms. The summed E-state index contributed by atoms with van der Waals surface area (Å²) in [4.78, 5) is 0. The molecule has 0 aromatic rings.